The third-order valence-corrected chi connectivity index (χ3v) is 5.74. The maximum Gasteiger partial charge on any atom is 0.573 e. The lowest BCUT2D eigenvalue weighted by atomic mass is 9.94. The molecular weight excluding hydrogens is 522 g/mol. The number of hydrogen-bond acceptors (Lipinski definition) is 3. The molecule has 0 aliphatic carbocycles. The number of nitrogens with zero attached hydrogens (tertiary/aromatic N) is 1. The van der Waals surface area contributed by atoms with E-state index in [1.54, 1.807) is 31.2 Å². The fourth-order valence-electron chi connectivity index (χ4n) is 3.78. The van der Waals surface area contributed by atoms with Gasteiger partial charge in [-0.25, -0.2) is 4.99 Å². The Morgan fingerprint density at radius 1 is 0.892 bits per heavy atom. The lowest BCUT2D eigenvalue weighted by Gasteiger charge is -2.18. The maximum atomic E-state index is 13.1. The van der Waals surface area contributed by atoms with Gasteiger partial charge < -0.3 is 10.1 Å². The minimum Gasteiger partial charge on any atom is -0.406 e. The van der Waals surface area contributed by atoms with Crippen LogP contribution in [0.3, 0.4) is 0 Å². The van der Waals surface area contributed by atoms with Crippen LogP contribution in [0.5, 0.6) is 5.75 Å². The number of benzene rings is 3. The van der Waals surface area contributed by atoms with E-state index in [1.165, 1.54) is 24.3 Å². The van der Waals surface area contributed by atoms with E-state index in [4.69, 9.17) is 11.6 Å². The first-order valence-electron chi connectivity index (χ1n) is 10.8. The lowest BCUT2D eigenvalue weighted by Crippen LogP contribution is -2.23. The molecule has 4 nitrogen and oxygen atoms in total. The van der Waals surface area contributed by atoms with E-state index in [1.807, 2.05) is 0 Å². The zero-order valence-corrected chi connectivity index (χ0v) is 19.7. The number of halogens is 7. The van der Waals surface area contributed by atoms with Crippen LogP contribution in [-0.4, -0.2) is 18.0 Å². The van der Waals surface area contributed by atoms with Crippen molar-refractivity contribution in [1.29, 1.82) is 0 Å². The molecule has 0 spiro atoms. The quantitative estimate of drug-likeness (QED) is 0.334. The summed E-state index contributed by atoms with van der Waals surface area (Å²) in [4.78, 5) is 17.0. The number of aliphatic imine (C=N–C) groups is 1. The van der Waals surface area contributed by atoms with E-state index < -0.39 is 35.8 Å². The first-order valence-corrected chi connectivity index (χ1v) is 11.1. The Labute approximate surface area is 212 Å². The van der Waals surface area contributed by atoms with Crippen molar-refractivity contribution in [3.05, 3.63) is 106 Å². The first-order chi connectivity index (χ1) is 17.3. The zero-order chi connectivity index (χ0) is 27.0. The van der Waals surface area contributed by atoms with E-state index in [0.717, 1.165) is 29.8 Å². The molecule has 0 aromatic heterocycles. The second-order valence-corrected chi connectivity index (χ2v) is 8.52. The molecule has 0 fully saturated rings. The van der Waals surface area contributed by atoms with Gasteiger partial charge in [0.2, 0.25) is 0 Å². The molecule has 1 atom stereocenters. The Morgan fingerprint density at radius 2 is 1.54 bits per heavy atom. The Morgan fingerprint density at radius 3 is 2.14 bits per heavy atom. The summed E-state index contributed by atoms with van der Waals surface area (Å²) in [5.74, 6) is -1.27. The van der Waals surface area contributed by atoms with Crippen molar-refractivity contribution in [3.63, 3.8) is 0 Å². The van der Waals surface area contributed by atoms with Crippen molar-refractivity contribution in [3.8, 4) is 5.75 Å². The van der Waals surface area contributed by atoms with Crippen LogP contribution in [0, 0.1) is 0 Å². The topological polar surface area (TPSA) is 50.7 Å². The van der Waals surface area contributed by atoms with E-state index >= 15 is 0 Å². The van der Waals surface area contributed by atoms with Gasteiger partial charge in [0, 0.05) is 22.2 Å². The fourth-order valence-corrected chi connectivity index (χ4v) is 3.91. The van der Waals surface area contributed by atoms with Gasteiger partial charge in [-0.3, -0.25) is 4.79 Å². The van der Waals surface area contributed by atoms with E-state index in [2.05, 4.69) is 15.0 Å². The second-order valence-electron chi connectivity index (χ2n) is 8.08. The van der Waals surface area contributed by atoms with Crippen molar-refractivity contribution in [2.24, 2.45) is 4.99 Å². The third kappa shape index (κ3) is 6.14. The predicted molar refractivity (Wildman–Crippen MR) is 126 cm³/mol. The molecule has 3 aromatic carbocycles. The molecule has 37 heavy (non-hydrogen) atoms. The number of amides is 1. The third-order valence-electron chi connectivity index (χ3n) is 5.49. The number of hydrogen-bond donors (Lipinski definition) is 1. The molecule has 1 aliphatic heterocycles. The minimum absolute atomic E-state index is 0.0109. The monoisotopic (exact) mass is 538 g/mol. The number of carbonyl (C=O) groups excluding carboxylic acids is 1. The number of rotatable bonds is 6. The summed E-state index contributed by atoms with van der Waals surface area (Å²) in [5.41, 5.74) is 0.299. The Kier molecular flexibility index (Phi) is 7.05. The summed E-state index contributed by atoms with van der Waals surface area (Å²) in [5, 5.41) is 3.55. The van der Waals surface area contributed by atoms with E-state index in [0.29, 0.717) is 5.02 Å². The Bertz CT molecular complexity index is 1380. The number of nitrogens with one attached hydrogen (secondary N) is 1. The van der Waals surface area contributed by atoms with Gasteiger partial charge in [0.1, 0.15) is 11.4 Å². The SMILES string of the molecule is C[C@@H](NC1=C(c2ccc(C(F)(F)F)cc2)C(c2cccc(OC(F)(F)F)c2)=NC1=O)c1ccc(Cl)cc1. The Hall–Kier alpha value is -3.79. The summed E-state index contributed by atoms with van der Waals surface area (Å²) < 4.78 is 81.6. The number of allylic oxidation sites excluding steroid dienone is 1. The molecule has 1 aliphatic rings. The molecule has 11 heteroatoms. The summed E-state index contributed by atoms with van der Waals surface area (Å²) in [6, 6.07) is 15.2. The number of ether oxygens (including phenoxy) is 1. The van der Waals surface area contributed by atoms with Crippen molar-refractivity contribution < 1.29 is 35.9 Å². The molecule has 0 saturated carbocycles. The number of alkyl halides is 6. The molecule has 1 heterocycles. The highest BCUT2D eigenvalue weighted by Crippen LogP contribution is 2.35. The van der Waals surface area contributed by atoms with Crippen molar-refractivity contribution in [2.75, 3.05) is 0 Å². The van der Waals surface area contributed by atoms with Crippen LogP contribution in [0.2, 0.25) is 5.02 Å². The van der Waals surface area contributed by atoms with Crippen molar-refractivity contribution >= 4 is 28.8 Å². The highest BCUT2D eigenvalue weighted by atomic mass is 35.5. The van der Waals surface area contributed by atoms with Crippen molar-refractivity contribution in [2.45, 2.75) is 25.5 Å². The fraction of sp³-hybridized carbons (Fsp3) is 0.154. The number of carbonyl (C=O) groups is 1. The molecule has 1 N–H and O–H groups in total. The van der Waals surface area contributed by atoms with Gasteiger partial charge in [0.05, 0.1) is 11.3 Å². The average Bonchev–Trinajstić information content (AvgIpc) is 3.14. The largest absolute Gasteiger partial charge is 0.573 e. The van der Waals surface area contributed by atoms with Gasteiger partial charge in [0.25, 0.3) is 5.91 Å². The molecule has 0 saturated heterocycles. The summed E-state index contributed by atoms with van der Waals surface area (Å²) in [6.07, 6.45) is -9.53. The Balaban J connectivity index is 1.79. The second kappa shape index (κ2) is 9.93. The average molecular weight is 539 g/mol. The van der Waals surface area contributed by atoms with Crippen LogP contribution < -0.4 is 10.1 Å². The predicted octanol–water partition coefficient (Wildman–Crippen LogP) is 7.35. The molecule has 3 aromatic rings. The highest BCUT2D eigenvalue weighted by molar-refractivity contribution is 6.41. The smallest absolute Gasteiger partial charge is 0.406 e. The minimum atomic E-state index is -4.95. The van der Waals surface area contributed by atoms with E-state index in [-0.39, 0.29) is 28.1 Å². The highest BCUT2D eigenvalue weighted by Gasteiger charge is 2.34. The van der Waals surface area contributed by atoms with Crippen LogP contribution in [-0.2, 0) is 11.0 Å². The molecule has 0 bridgehead atoms. The molecule has 0 radical (unpaired) electrons. The van der Waals surface area contributed by atoms with E-state index in [9.17, 15) is 31.1 Å². The van der Waals surface area contributed by atoms with Crippen LogP contribution in [0.25, 0.3) is 5.57 Å². The first kappa shape index (κ1) is 26.3. The van der Waals surface area contributed by atoms with Gasteiger partial charge in [-0.2, -0.15) is 13.2 Å². The molecule has 4 rings (SSSR count). The van der Waals surface area contributed by atoms with Gasteiger partial charge in [0.15, 0.2) is 0 Å². The van der Waals surface area contributed by atoms with Crippen LogP contribution in [0.15, 0.2) is 83.5 Å². The lowest BCUT2D eigenvalue weighted by molar-refractivity contribution is -0.274. The van der Waals surface area contributed by atoms with Crippen LogP contribution in [0.4, 0.5) is 26.3 Å². The van der Waals surface area contributed by atoms with Gasteiger partial charge in [-0.15, -0.1) is 13.2 Å². The van der Waals surface area contributed by atoms with Crippen LogP contribution in [0.1, 0.15) is 35.2 Å². The molecular formula is C26H17ClF6N2O2. The molecule has 192 valence electrons. The van der Waals surface area contributed by atoms with Crippen molar-refractivity contribution in [1.82, 2.24) is 5.32 Å². The van der Waals surface area contributed by atoms with Crippen LogP contribution >= 0.6 is 11.6 Å². The summed E-state index contributed by atoms with van der Waals surface area (Å²) in [6.45, 7) is 1.75. The molecule has 0 unspecified atom stereocenters. The normalized spacial score (nSPS) is 15.0. The summed E-state index contributed by atoms with van der Waals surface area (Å²) >= 11 is 5.93. The van der Waals surface area contributed by atoms with Gasteiger partial charge >= 0.3 is 12.5 Å². The summed E-state index contributed by atoms with van der Waals surface area (Å²) in [7, 11) is 0. The maximum absolute atomic E-state index is 13.1. The zero-order valence-electron chi connectivity index (χ0n) is 18.9. The standard InChI is InChI=1S/C26H17ClF6N2O2/c1-14(15-7-11-19(27)12-8-15)34-23-21(16-5-9-18(10-6-16)25(28,29)30)22(35-24(23)36)17-3-2-4-20(13-17)37-26(31,32)33/h2-14H,1H3,(H,34,35,36)/t14-/m1/s1. The van der Waals surface area contributed by atoms with Gasteiger partial charge in [-0.05, 0) is 54.4 Å². The molecule has 1 amide bonds. The van der Waals surface area contributed by atoms with Gasteiger partial charge in [-0.1, -0.05) is 48.0 Å².